The van der Waals surface area contributed by atoms with Gasteiger partial charge in [0.25, 0.3) is 0 Å². The molecule has 0 radical (unpaired) electrons. The molecule has 12 nitrogen and oxygen atoms in total. The summed E-state index contributed by atoms with van der Waals surface area (Å²) < 4.78 is 34.6. The average Bonchev–Trinajstić information content (AvgIpc) is 2.86. The number of anilines is 1. The van der Waals surface area contributed by atoms with Crippen molar-refractivity contribution in [2.75, 3.05) is 45.8 Å². The summed E-state index contributed by atoms with van der Waals surface area (Å²) in [7, 11) is 1.31. The van der Waals surface area contributed by atoms with Crippen molar-refractivity contribution in [2.45, 2.75) is 48.8 Å². The number of carbonyl (C=O) groups is 1. The van der Waals surface area contributed by atoms with Gasteiger partial charge in [0.05, 0.1) is 24.7 Å². The predicted octanol–water partition coefficient (Wildman–Crippen LogP) is -0.619. The largest absolute Gasteiger partial charge is 0.394 e. The van der Waals surface area contributed by atoms with Crippen LogP contribution in [0.2, 0.25) is 0 Å². The highest BCUT2D eigenvalue weighted by atomic mass is 32.2. The number of aliphatic hydroxyl groups excluding tert-OH is 3. The summed E-state index contributed by atoms with van der Waals surface area (Å²) in [6, 6.07) is 9.59. The molecule has 0 aromatic heterocycles. The molecule has 1 saturated heterocycles. The fourth-order valence-electron chi connectivity index (χ4n) is 4.47. The molecule has 0 bridgehead atoms. The van der Waals surface area contributed by atoms with E-state index < -0.39 is 53.1 Å². The number of benzene rings is 2. The average molecular weight is 541 g/mol. The number of hydrogen-bond donors (Lipinski definition) is 5. The molecule has 2 aromatic rings. The lowest BCUT2D eigenvalue weighted by atomic mass is 9.95. The molecule has 1 amide bonds. The Balaban J connectivity index is 1.70. The predicted molar refractivity (Wildman–Crippen MR) is 137 cm³/mol. The van der Waals surface area contributed by atoms with E-state index in [0.29, 0.717) is 5.39 Å². The van der Waals surface area contributed by atoms with Gasteiger partial charge in [-0.25, -0.2) is 13.1 Å². The maximum Gasteiger partial charge on any atom is 0.241 e. The molecule has 1 aliphatic rings. The van der Waals surface area contributed by atoms with Crippen LogP contribution in [0.1, 0.15) is 13.3 Å². The summed E-state index contributed by atoms with van der Waals surface area (Å²) in [5.74, 6) is -0.455. The number of fused-ring (bicyclic) bond motifs is 1. The SMILES string of the molecule is CON(CCCNS(=O)(=O)c1cccc2c(N(C)C)cccc12)[C@@H]1O[C@H](CO)[C@@H](O)[C@H](O)[C@H]1NC(C)=O. The third kappa shape index (κ3) is 6.56. The summed E-state index contributed by atoms with van der Waals surface area (Å²) in [5, 5.41) is 35.5. The molecule has 1 aliphatic heterocycles. The molecule has 3 rings (SSSR count). The first-order valence-electron chi connectivity index (χ1n) is 11.9. The first kappa shape index (κ1) is 29.2. The van der Waals surface area contributed by atoms with Crippen LogP contribution in [0.4, 0.5) is 5.69 Å². The zero-order chi connectivity index (χ0) is 27.3. The van der Waals surface area contributed by atoms with Gasteiger partial charge in [-0.3, -0.25) is 9.63 Å². The Labute approximate surface area is 216 Å². The fraction of sp³-hybridized carbons (Fsp3) is 0.542. The van der Waals surface area contributed by atoms with Gasteiger partial charge in [-0.2, -0.15) is 5.06 Å². The van der Waals surface area contributed by atoms with E-state index in [1.807, 2.05) is 37.2 Å². The van der Waals surface area contributed by atoms with Crippen LogP contribution in [0.5, 0.6) is 0 Å². The van der Waals surface area contributed by atoms with E-state index >= 15 is 0 Å². The van der Waals surface area contributed by atoms with Gasteiger partial charge < -0.3 is 30.3 Å². The maximum atomic E-state index is 13.1. The monoisotopic (exact) mass is 540 g/mol. The molecule has 2 aromatic carbocycles. The third-order valence-electron chi connectivity index (χ3n) is 6.27. The maximum absolute atomic E-state index is 13.1. The number of rotatable bonds is 11. The zero-order valence-electron chi connectivity index (χ0n) is 21.4. The van der Waals surface area contributed by atoms with Crippen molar-refractivity contribution in [3.05, 3.63) is 36.4 Å². The lowest BCUT2D eigenvalue weighted by molar-refractivity contribution is -0.304. The number of aliphatic hydroxyl groups is 3. The Kier molecular flexibility index (Phi) is 9.83. The van der Waals surface area contributed by atoms with E-state index in [4.69, 9.17) is 9.57 Å². The number of sulfonamides is 1. The Morgan fingerprint density at radius 2 is 1.78 bits per heavy atom. The molecule has 1 fully saturated rings. The summed E-state index contributed by atoms with van der Waals surface area (Å²) in [6.45, 7) is 0.924. The van der Waals surface area contributed by atoms with Crippen LogP contribution in [-0.2, 0) is 24.4 Å². The minimum absolute atomic E-state index is 0.0675. The highest BCUT2D eigenvalue weighted by Crippen LogP contribution is 2.30. The van der Waals surface area contributed by atoms with Gasteiger partial charge in [0, 0.05) is 50.6 Å². The highest BCUT2D eigenvalue weighted by molar-refractivity contribution is 7.89. The number of amides is 1. The molecule has 5 atom stereocenters. The van der Waals surface area contributed by atoms with Crippen molar-refractivity contribution in [1.29, 1.82) is 0 Å². The molecule has 0 saturated carbocycles. The minimum Gasteiger partial charge on any atom is -0.394 e. The molecule has 13 heteroatoms. The lowest BCUT2D eigenvalue weighted by Crippen LogP contribution is -2.68. The highest BCUT2D eigenvalue weighted by Gasteiger charge is 2.47. The topological polar surface area (TPSA) is 161 Å². The van der Waals surface area contributed by atoms with E-state index in [2.05, 4.69) is 10.0 Å². The van der Waals surface area contributed by atoms with Crippen LogP contribution in [0.3, 0.4) is 0 Å². The van der Waals surface area contributed by atoms with Crippen LogP contribution < -0.4 is 14.9 Å². The van der Waals surface area contributed by atoms with Crippen LogP contribution >= 0.6 is 0 Å². The van der Waals surface area contributed by atoms with Crippen LogP contribution in [0.25, 0.3) is 10.8 Å². The van der Waals surface area contributed by atoms with E-state index in [1.165, 1.54) is 19.1 Å². The van der Waals surface area contributed by atoms with Gasteiger partial charge in [0.15, 0.2) is 6.23 Å². The number of hydrogen-bond acceptors (Lipinski definition) is 10. The molecule has 37 heavy (non-hydrogen) atoms. The molecule has 5 N–H and O–H groups in total. The van der Waals surface area contributed by atoms with Crippen LogP contribution in [0.15, 0.2) is 41.3 Å². The molecule has 0 aliphatic carbocycles. The second kappa shape index (κ2) is 12.5. The van der Waals surface area contributed by atoms with Gasteiger partial charge in [-0.05, 0) is 18.6 Å². The molecule has 0 spiro atoms. The molecular weight excluding hydrogens is 504 g/mol. The van der Waals surface area contributed by atoms with E-state index in [9.17, 15) is 28.5 Å². The van der Waals surface area contributed by atoms with E-state index in [0.717, 1.165) is 11.1 Å². The van der Waals surface area contributed by atoms with Crippen molar-refractivity contribution >= 4 is 32.4 Å². The summed E-state index contributed by atoms with van der Waals surface area (Å²) in [6.07, 6.45) is -4.69. The Morgan fingerprint density at radius 1 is 1.11 bits per heavy atom. The fourth-order valence-corrected chi connectivity index (χ4v) is 5.76. The van der Waals surface area contributed by atoms with Crippen molar-refractivity contribution < 1.29 is 38.1 Å². The smallest absolute Gasteiger partial charge is 0.241 e. The first-order valence-corrected chi connectivity index (χ1v) is 13.4. The van der Waals surface area contributed by atoms with Crippen molar-refractivity contribution in [3.8, 4) is 0 Å². The van der Waals surface area contributed by atoms with Gasteiger partial charge in [-0.15, -0.1) is 0 Å². The quantitative estimate of drug-likeness (QED) is 0.184. The van der Waals surface area contributed by atoms with E-state index in [1.54, 1.807) is 18.2 Å². The Hall–Kier alpha value is -2.36. The zero-order valence-corrected chi connectivity index (χ0v) is 22.2. The third-order valence-corrected chi connectivity index (χ3v) is 7.79. The summed E-state index contributed by atoms with van der Waals surface area (Å²) >= 11 is 0. The summed E-state index contributed by atoms with van der Waals surface area (Å²) in [5.41, 5.74) is 0.903. The number of hydroxylamine groups is 2. The van der Waals surface area contributed by atoms with Gasteiger partial charge in [-0.1, -0.05) is 24.3 Å². The normalized spacial score (nSPS) is 24.4. The second-order valence-corrected chi connectivity index (χ2v) is 10.8. The summed E-state index contributed by atoms with van der Waals surface area (Å²) in [4.78, 5) is 19.2. The van der Waals surface area contributed by atoms with Crippen molar-refractivity contribution in [3.63, 3.8) is 0 Å². The Morgan fingerprint density at radius 3 is 2.41 bits per heavy atom. The van der Waals surface area contributed by atoms with Crippen LogP contribution in [-0.4, -0.2) is 106 Å². The van der Waals surface area contributed by atoms with Crippen molar-refractivity contribution in [1.82, 2.24) is 15.1 Å². The standard InChI is InChI=1S/C24H36N4O8S/c1-15(30)26-21-23(32)22(31)19(14-29)36-24(21)28(35-4)13-7-12-25-37(33,34)20-11-6-8-16-17(20)9-5-10-18(16)27(2)3/h5-6,8-11,19,21-25,29,31-32H,7,12-14H2,1-4H3,(H,26,30)/t19-,21-,22-,23-,24-/m1/s1. The number of carbonyl (C=O) groups excluding carboxylic acids is 1. The lowest BCUT2D eigenvalue weighted by Gasteiger charge is -2.45. The number of ether oxygens (including phenoxy) is 1. The molecule has 0 unspecified atom stereocenters. The van der Waals surface area contributed by atoms with Gasteiger partial charge >= 0.3 is 0 Å². The molecular formula is C24H36N4O8S. The number of nitrogens with one attached hydrogen (secondary N) is 2. The van der Waals surface area contributed by atoms with Gasteiger partial charge in [0.1, 0.15) is 18.3 Å². The second-order valence-electron chi connectivity index (χ2n) is 9.05. The van der Waals surface area contributed by atoms with E-state index in [-0.39, 0.29) is 24.4 Å². The number of nitrogens with zero attached hydrogens (tertiary/aromatic N) is 2. The Bertz CT molecular complexity index is 1180. The van der Waals surface area contributed by atoms with Crippen molar-refractivity contribution in [2.24, 2.45) is 0 Å². The van der Waals surface area contributed by atoms with Crippen LogP contribution in [0, 0.1) is 0 Å². The molecule has 1 heterocycles. The minimum atomic E-state index is -3.84. The first-order chi connectivity index (χ1) is 17.5. The van der Waals surface area contributed by atoms with Gasteiger partial charge in [0.2, 0.25) is 15.9 Å². The molecule has 206 valence electrons.